The van der Waals surface area contributed by atoms with E-state index in [1.807, 2.05) is 6.92 Å². The van der Waals surface area contributed by atoms with Crippen molar-refractivity contribution in [3.63, 3.8) is 0 Å². The average Bonchev–Trinajstić information content (AvgIpc) is 2.42. The Labute approximate surface area is 134 Å². The molecule has 0 aliphatic carbocycles. The van der Waals surface area contributed by atoms with Crippen molar-refractivity contribution in [2.45, 2.75) is 33.2 Å². The van der Waals surface area contributed by atoms with Crippen molar-refractivity contribution in [1.29, 1.82) is 0 Å². The number of aromatic nitrogens is 2. The van der Waals surface area contributed by atoms with Crippen LogP contribution in [-0.4, -0.2) is 15.5 Å². The van der Waals surface area contributed by atoms with Crippen LogP contribution in [0.3, 0.4) is 0 Å². The van der Waals surface area contributed by atoms with E-state index in [1.165, 1.54) is 4.57 Å². The number of halogens is 1. The fourth-order valence-corrected chi connectivity index (χ4v) is 2.61. The van der Waals surface area contributed by atoms with Gasteiger partial charge in [0, 0.05) is 22.1 Å². The molecule has 0 spiro atoms. The minimum atomic E-state index is -0.611. The highest BCUT2D eigenvalue weighted by molar-refractivity contribution is 6.30. The van der Waals surface area contributed by atoms with Gasteiger partial charge in [0.25, 0.3) is 0 Å². The number of hydrogen-bond donors (Lipinski definition) is 1. The van der Waals surface area contributed by atoms with Crippen molar-refractivity contribution < 1.29 is 4.79 Å². The third-order valence-corrected chi connectivity index (χ3v) is 3.60. The summed E-state index contributed by atoms with van der Waals surface area (Å²) in [7, 11) is 0. The minimum absolute atomic E-state index is 0.263. The number of rotatable bonds is 4. The Morgan fingerprint density at radius 2 is 2.09 bits per heavy atom. The van der Waals surface area contributed by atoms with Gasteiger partial charge in [-0.3, -0.25) is 9.36 Å². The van der Waals surface area contributed by atoms with Gasteiger partial charge >= 0.3 is 5.69 Å². The van der Waals surface area contributed by atoms with Crippen LogP contribution >= 0.6 is 11.6 Å². The third kappa shape index (κ3) is 3.54. The average molecular weight is 320 g/mol. The second-order valence-electron chi connectivity index (χ2n) is 5.12. The Kier molecular flexibility index (Phi) is 4.98. The molecule has 5 nitrogen and oxygen atoms in total. The largest absolute Gasteiger partial charge is 0.348 e. The van der Waals surface area contributed by atoms with E-state index < -0.39 is 11.7 Å². The van der Waals surface area contributed by atoms with Crippen LogP contribution in [0, 0.1) is 13.8 Å². The molecule has 2 rings (SSSR count). The first-order valence-corrected chi connectivity index (χ1v) is 7.43. The summed E-state index contributed by atoms with van der Waals surface area (Å²) in [5.41, 5.74) is 1.54. The molecule has 1 aromatic carbocycles. The fraction of sp³-hybridized carbons (Fsp3) is 0.312. The van der Waals surface area contributed by atoms with Gasteiger partial charge < -0.3 is 5.32 Å². The Bertz CT molecular complexity index is 755. The molecule has 1 heterocycles. The maximum Gasteiger partial charge on any atom is 0.348 e. The summed E-state index contributed by atoms with van der Waals surface area (Å²) in [4.78, 5) is 28.5. The zero-order chi connectivity index (χ0) is 16.3. The summed E-state index contributed by atoms with van der Waals surface area (Å²) in [6.45, 7) is 5.41. The monoisotopic (exact) mass is 319 g/mol. The lowest BCUT2D eigenvalue weighted by molar-refractivity contribution is -0.119. The number of nitrogens with one attached hydrogen (secondary N) is 1. The van der Waals surface area contributed by atoms with Gasteiger partial charge in [-0.15, -0.1) is 0 Å². The molecule has 0 bridgehead atoms. The van der Waals surface area contributed by atoms with Crippen LogP contribution < -0.4 is 11.0 Å². The maximum absolute atomic E-state index is 12.5. The predicted molar refractivity (Wildman–Crippen MR) is 87.4 cm³/mol. The smallest absolute Gasteiger partial charge is 0.324 e. The summed E-state index contributed by atoms with van der Waals surface area (Å²) in [6, 6.07) is 8.07. The zero-order valence-corrected chi connectivity index (χ0v) is 13.5. The number of anilines is 1. The third-order valence-electron chi connectivity index (χ3n) is 3.37. The molecule has 0 saturated carbocycles. The maximum atomic E-state index is 12.5. The van der Waals surface area contributed by atoms with E-state index in [-0.39, 0.29) is 5.91 Å². The van der Waals surface area contributed by atoms with Crippen molar-refractivity contribution in [2.24, 2.45) is 0 Å². The first kappa shape index (κ1) is 16.2. The zero-order valence-electron chi connectivity index (χ0n) is 12.8. The lowest BCUT2D eigenvalue weighted by atomic mass is 10.1. The summed E-state index contributed by atoms with van der Waals surface area (Å²) in [6.07, 6.45) is 0.484. The molecule has 0 fully saturated rings. The van der Waals surface area contributed by atoms with E-state index in [0.29, 0.717) is 28.5 Å². The summed E-state index contributed by atoms with van der Waals surface area (Å²) in [5, 5.41) is 3.33. The van der Waals surface area contributed by atoms with Crippen LogP contribution in [0.2, 0.25) is 5.02 Å². The van der Waals surface area contributed by atoms with Gasteiger partial charge in [-0.25, -0.2) is 4.79 Å². The molecule has 1 aromatic heterocycles. The second-order valence-corrected chi connectivity index (χ2v) is 5.55. The molecular weight excluding hydrogens is 302 g/mol. The molecule has 116 valence electrons. The van der Waals surface area contributed by atoms with Gasteiger partial charge in [-0.2, -0.15) is 4.98 Å². The molecule has 0 unspecified atom stereocenters. The molecule has 0 saturated heterocycles. The molecule has 22 heavy (non-hydrogen) atoms. The van der Waals surface area contributed by atoms with Crippen LogP contribution in [0.4, 0.5) is 5.69 Å². The molecule has 1 atom stereocenters. The molecule has 1 N–H and O–H groups in total. The summed E-state index contributed by atoms with van der Waals surface area (Å²) in [5.74, 6) is -0.263. The van der Waals surface area contributed by atoms with E-state index in [9.17, 15) is 9.59 Å². The molecule has 0 radical (unpaired) electrons. The van der Waals surface area contributed by atoms with E-state index in [0.717, 1.165) is 0 Å². The van der Waals surface area contributed by atoms with Gasteiger partial charge in [0.2, 0.25) is 5.91 Å². The highest BCUT2D eigenvalue weighted by Gasteiger charge is 2.22. The lowest BCUT2D eigenvalue weighted by Gasteiger charge is -2.20. The standard InChI is InChI=1S/C16H18ClN3O2/c1-4-14(20-11(3)8-10(2)18-16(20)22)15(21)19-13-7-5-6-12(17)9-13/h5-9,14H,4H2,1-3H3,(H,19,21)/t14-/m1/s1. The van der Waals surface area contributed by atoms with Crippen LogP contribution in [0.1, 0.15) is 30.8 Å². The van der Waals surface area contributed by atoms with Crippen molar-refractivity contribution in [3.8, 4) is 0 Å². The van der Waals surface area contributed by atoms with Crippen LogP contribution in [0.25, 0.3) is 0 Å². The number of benzene rings is 1. The Balaban J connectivity index is 2.32. The summed E-state index contributed by atoms with van der Waals surface area (Å²) >= 11 is 5.91. The first-order chi connectivity index (χ1) is 10.4. The van der Waals surface area contributed by atoms with Gasteiger partial charge in [-0.05, 0) is 44.5 Å². The van der Waals surface area contributed by atoms with Crippen molar-refractivity contribution in [1.82, 2.24) is 9.55 Å². The fourth-order valence-electron chi connectivity index (χ4n) is 2.42. The van der Waals surface area contributed by atoms with Crippen LogP contribution in [0.5, 0.6) is 0 Å². The quantitative estimate of drug-likeness (QED) is 0.941. The number of carbonyl (C=O) groups excluding carboxylic acids is 1. The van der Waals surface area contributed by atoms with Gasteiger partial charge in [0.1, 0.15) is 6.04 Å². The Morgan fingerprint density at radius 3 is 2.68 bits per heavy atom. The van der Waals surface area contributed by atoms with E-state index >= 15 is 0 Å². The minimum Gasteiger partial charge on any atom is -0.324 e. The molecular formula is C16H18ClN3O2. The highest BCUT2D eigenvalue weighted by Crippen LogP contribution is 2.18. The SMILES string of the molecule is CC[C@H](C(=O)Nc1cccc(Cl)c1)n1c(C)cc(C)nc1=O. The molecule has 0 aliphatic rings. The number of nitrogens with zero attached hydrogens (tertiary/aromatic N) is 2. The van der Waals surface area contributed by atoms with Crippen molar-refractivity contribution in [2.75, 3.05) is 5.32 Å². The van der Waals surface area contributed by atoms with Crippen molar-refractivity contribution in [3.05, 3.63) is 57.2 Å². The van der Waals surface area contributed by atoms with Gasteiger partial charge in [0.05, 0.1) is 0 Å². The van der Waals surface area contributed by atoms with Gasteiger partial charge in [0.15, 0.2) is 0 Å². The number of hydrogen-bond acceptors (Lipinski definition) is 3. The first-order valence-electron chi connectivity index (χ1n) is 7.05. The molecule has 2 aromatic rings. The van der Waals surface area contributed by atoms with Gasteiger partial charge in [-0.1, -0.05) is 24.6 Å². The molecule has 1 amide bonds. The number of carbonyl (C=O) groups is 1. The topological polar surface area (TPSA) is 64.0 Å². The number of amides is 1. The lowest BCUT2D eigenvalue weighted by Crippen LogP contribution is -2.36. The van der Waals surface area contributed by atoms with E-state index in [4.69, 9.17) is 11.6 Å². The Hall–Kier alpha value is -2.14. The van der Waals surface area contributed by atoms with Crippen molar-refractivity contribution >= 4 is 23.2 Å². The van der Waals surface area contributed by atoms with Crippen LogP contribution in [-0.2, 0) is 4.79 Å². The van der Waals surface area contributed by atoms with E-state index in [1.54, 1.807) is 44.2 Å². The predicted octanol–water partition coefficient (Wildman–Crippen LogP) is 3.10. The van der Waals surface area contributed by atoms with E-state index in [2.05, 4.69) is 10.3 Å². The molecule has 6 heteroatoms. The second kappa shape index (κ2) is 6.75. The molecule has 0 aliphatic heterocycles. The summed E-state index contributed by atoms with van der Waals surface area (Å²) < 4.78 is 1.42. The normalized spacial score (nSPS) is 12.0. The van der Waals surface area contributed by atoms with Crippen LogP contribution in [0.15, 0.2) is 35.1 Å². The highest BCUT2D eigenvalue weighted by atomic mass is 35.5. The Morgan fingerprint density at radius 1 is 1.36 bits per heavy atom. The number of aryl methyl sites for hydroxylation is 2.